The Kier molecular flexibility index (Phi) is 6.60. The first-order chi connectivity index (χ1) is 14.0. The van der Waals surface area contributed by atoms with Crippen LogP contribution >= 0.6 is 15.9 Å². The number of rotatable bonds is 4. The van der Waals surface area contributed by atoms with Crippen LogP contribution < -0.4 is 10.1 Å². The van der Waals surface area contributed by atoms with Gasteiger partial charge >= 0.3 is 6.18 Å². The van der Waals surface area contributed by atoms with Gasteiger partial charge in [0.25, 0.3) is 0 Å². The third kappa shape index (κ3) is 4.65. The van der Waals surface area contributed by atoms with Crippen molar-refractivity contribution in [2.75, 3.05) is 5.32 Å². The van der Waals surface area contributed by atoms with Crippen molar-refractivity contribution < 1.29 is 31.1 Å². The second-order valence-electron chi connectivity index (χ2n) is 5.32. The molecule has 30 heavy (non-hydrogen) atoms. The van der Waals surface area contributed by atoms with Gasteiger partial charge in [0.05, 0.1) is 15.7 Å². The molecule has 12 heteroatoms. The Labute approximate surface area is 173 Å². The molecule has 0 spiro atoms. The van der Waals surface area contributed by atoms with Gasteiger partial charge in [0, 0.05) is 0 Å². The Morgan fingerprint density at radius 3 is 1.93 bits per heavy atom. The van der Waals surface area contributed by atoms with Crippen molar-refractivity contribution in [1.82, 2.24) is 0 Å². The Morgan fingerprint density at radius 2 is 1.47 bits per heavy atom. The fraction of sp³-hybridized carbons (Fsp3) is 0.0556. The van der Waals surface area contributed by atoms with Gasteiger partial charge in [-0.25, -0.2) is 13.2 Å². The number of ether oxygens (including phenoxy) is 1. The zero-order valence-electron chi connectivity index (χ0n) is 14.2. The van der Waals surface area contributed by atoms with Crippen LogP contribution in [0.1, 0.15) is 5.56 Å². The number of anilines is 1. The lowest BCUT2D eigenvalue weighted by atomic mass is 10.2. The SMILES string of the molecule is N#CC(C#N)=C(C#N)Nc1ccc(F)c(Br)c1Oc1c(F)cc(C(F)(F)F)cc1F. The molecule has 2 aromatic rings. The Hall–Kier alpha value is -3.69. The van der Waals surface area contributed by atoms with Crippen LogP contribution in [0, 0.1) is 51.4 Å². The van der Waals surface area contributed by atoms with Crippen LogP contribution in [-0.2, 0) is 6.18 Å². The Balaban J connectivity index is 2.61. The van der Waals surface area contributed by atoms with E-state index >= 15 is 0 Å². The topological polar surface area (TPSA) is 92.6 Å². The molecule has 0 aliphatic rings. The van der Waals surface area contributed by atoms with E-state index in [4.69, 9.17) is 20.5 Å². The van der Waals surface area contributed by atoms with Crippen molar-refractivity contribution in [2.45, 2.75) is 6.18 Å². The predicted molar refractivity (Wildman–Crippen MR) is 93.0 cm³/mol. The van der Waals surface area contributed by atoms with E-state index in [0.717, 1.165) is 12.1 Å². The first kappa shape index (κ1) is 22.6. The molecule has 0 aliphatic heterocycles. The highest BCUT2D eigenvalue weighted by molar-refractivity contribution is 9.10. The molecule has 0 bridgehead atoms. The monoisotopic (exact) mass is 486 g/mol. The quantitative estimate of drug-likeness (QED) is 0.428. The average molecular weight is 487 g/mol. The summed E-state index contributed by atoms with van der Waals surface area (Å²) in [5.74, 6) is -6.37. The predicted octanol–water partition coefficient (Wildman–Crippen LogP) is 5.91. The number of halogens is 7. The highest BCUT2D eigenvalue weighted by Crippen LogP contribution is 2.42. The maximum absolute atomic E-state index is 14.1. The van der Waals surface area contributed by atoms with Crippen LogP contribution in [0.4, 0.5) is 32.0 Å². The molecular weight excluding hydrogens is 482 g/mol. The smallest absolute Gasteiger partial charge is 0.416 e. The van der Waals surface area contributed by atoms with Gasteiger partial charge < -0.3 is 10.1 Å². The third-order valence-corrected chi connectivity index (χ3v) is 4.16. The van der Waals surface area contributed by atoms with Crippen molar-refractivity contribution in [3.05, 3.63) is 63.0 Å². The van der Waals surface area contributed by atoms with Gasteiger partial charge in [-0.1, -0.05) is 0 Å². The van der Waals surface area contributed by atoms with Gasteiger partial charge in [0.2, 0.25) is 0 Å². The largest absolute Gasteiger partial charge is 0.448 e. The number of hydrogen-bond donors (Lipinski definition) is 1. The van der Waals surface area contributed by atoms with Crippen molar-refractivity contribution in [2.24, 2.45) is 0 Å². The van der Waals surface area contributed by atoms with Crippen LogP contribution in [0.15, 0.2) is 40.0 Å². The zero-order chi connectivity index (χ0) is 22.6. The molecule has 0 heterocycles. The summed E-state index contributed by atoms with van der Waals surface area (Å²) in [6.45, 7) is 0. The molecule has 0 saturated heterocycles. The molecule has 152 valence electrons. The first-order valence-corrected chi connectivity index (χ1v) is 8.26. The minimum atomic E-state index is -5.02. The van der Waals surface area contributed by atoms with Crippen LogP contribution in [0.5, 0.6) is 11.5 Å². The van der Waals surface area contributed by atoms with Crippen molar-refractivity contribution in [1.29, 1.82) is 15.8 Å². The lowest BCUT2D eigenvalue weighted by molar-refractivity contribution is -0.138. The number of alkyl halides is 3. The number of nitrogens with zero attached hydrogens (tertiary/aromatic N) is 3. The third-order valence-electron chi connectivity index (χ3n) is 3.42. The molecule has 0 saturated carbocycles. The van der Waals surface area contributed by atoms with Gasteiger partial charge in [-0.05, 0) is 40.2 Å². The van der Waals surface area contributed by atoms with Crippen molar-refractivity contribution in [3.63, 3.8) is 0 Å². The van der Waals surface area contributed by atoms with E-state index in [0.29, 0.717) is 0 Å². The van der Waals surface area contributed by atoms with Gasteiger partial charge in [0.1, 0.15) is 29.7 Å². The second kappa shape index (κ2) is 8.76. The summed E-state index contributed by atoms with van der Waals surface area (Å²) in [5, 5.41) is 29.1. The maximum Gasteiger partial charge on any atom is 0.416 e. The first-order valence-electron chi connectivity index (χ1n) is 7.47. The summed E-state index contributed by atoms with van der Waals surface area (Å²) in [5.41, 5.74) is -3.17. The molecule has 0 atom stereocenters. The lowest BCUT2D eigenvalue weighted by Gasteiger charge is -2.16. The van der Waals surface area contributed by atoms with Gasteiger partial charge in [-0.15, -0.1) is 0 Å². The molecule has 0 unspecified atom stereocenters. The summed E-state index contributed by atoms with van der Waals surface area (Å²) in [7, 11) is 0. The summed E-state index contributed by atoms with van der Waals surface area (Å²) in [6, 6.07) is 6.17. The van der Waals surface area contributed by atoms with Crippen molar-refractivity contribution >= 4 is 21.6 Å². The van der Waals surface area contributed by atoms with Gasteiger partial charge in [-0.3, -0.25) is 0 Å². The number of nitrogens with one attached hydrogen (secondary N) is 1. The van der Waals surface area contributed by atoms with Crippen LogP contribution in [0.25, 0.3) is 0 Å². The molecular formula is C18H5BrF6N4O. The van der Waals surface area contributed by atoms with Crippen LogP contribution in [0.2, 0.25) is 0 Å². The molecule has 1 N–H and O–H groups in total. The molecule has 0 fully saturated rings. The molecule has 2 rings (SSSR count). The van der Waals surface area contributed by atoms with E-state index in [-0.39, 0.29) is 17.8 Å². The minimum Gasteiger partial charge on any atom is -0.448 e. The van der Waals surface area contributed by atoms with Gasteiger partial charge in [0.15, 0.2) is 28.7 Å². The Morgan fingerprint density at radius 1 is 0.900 bits per heavy atom. The zero-order valence-corrected chi connectivity index (χ0v) is 15.8. The van der Waals surface area contributed by atoms with E-state index < -0.39 is 56.4 Å². The molecule has 5 nitrogen and oxygen atoms in total. The van der Waals surface area contributed by atoms with E-state index in [9.17, 15) is 26.3 Å². The van der Waals surface area contributed by atoms with Crippen molar-refractivity contribution in [3.8, 4) is 29.7 Å². The van der Waals surface area contributed by atoms with E-state index in [1.54, 1.807) is 0 Å². The second-order valence-corrected chi connectivity index (χ2v) is 6.11. The molecule has 0 aliphatic carbocycles. The van der Waals surface area contributed by atoms with E-state index in [1.165, 1.54) is 18.2 Å². The lowest BCUT2D eigenvalue weighted by Crippen LogP contribution is -2.08. The summed E-state index contributed by atoms with van der Waals surface area (Å²) in [6.07, 6.45) is -5.02. The number of hydrogen-bond acceptors (Lipinski definition) is 5. The number of benzene rings is 2. The fourth-order valence-corrected chi connectivity index (χ4v) is 2.50. The van der Waals surface area contributed by atoms with Gasteiger partial charge in [-0.2, -0.15) is 29.0 Å². The minimum absolute atomic E-state index is 0.0111. The maximum atomic E-state index is 14.1. The molecule has 2 aromatic carbocycles. The number of nitriles is 3. The van der Waals surface area contributed by atoms with Crippen LogP contribution in [0.3, 0.4) is 0 Å². The molecule has 0 amide bonds. The molecule has 0 aromatic heterocycles. The Bertz CT molecular complexity index is 1130. The highest BCUT2D eigenvalue weighted by atomic mass is 79.9. The van der Waals surface area contributed by atoms with Crippen LogP contribution in [-0.4, -0.2) is 0 Å². The standard InChI is InChI=1S/C18H5BrF6N4O/c19-15-10(20)1-2-13(29-14(7-28)8(5-26)6-27)17(15)30-16-11(21)3-9(4-12(16)22)18(23,24)25/h1-4,29H. The highest BCUT2D eigenvalue weighted by Gasteiger charge is 2.33. The summed E-state index contributed by atoms with van der Waals surface area (Å²) < 4.78 is 84.7. The normalized spacial score (nSPS) is 10.4. The van der Waals surface area contributed by atoms with E-state index in [1.807, 2.05) is 0 Å². The fourth-order valence-electron chi connectivity index (χ4n) is 2.07. The average Bonchev–Trinajstić information content (AvgIpc) is 2.68. The molecule has 0 radical (unpaired) electrons. The summed E-state index contributed by atoms with van der Waals surface area (Å²) in [4.78, 5) is 0. The summed E-state index contributed by atoms with van der Waals surface area (Å²) >= 11 is 2.77. The van der Waals surface area contributed by atoms with E-state index in [2.05, 4.69) is 21.2 Å². The number of allylic oxidation sites excluding steroid dienone is 2.